The molecule has 6 heteroatoms. The first kappa shape index (κ1) is 18.8. The Balaban J connectivity index is 1.85. The number of hydrogen-bond donors (Lipinski definition) is 3. The molecule has 24 heavy (non-hydrogen) atoms. The third-order valence-corrected chi connectivity index (χ3v) is 4.93. The van der Waals surface area contributed by atoms with Gasteiger partial charge in [-0.25, -0.2) is 4.79 Å². The van der Waals surface area contributed by atoms with Crippen LogP contribution in [0.5, 0.6) is 0 Å². The van der Waals surface area contributed by atoms with Crippen LogP contribution in [-0.4, -0.2) is 48.8 Å². The van der Waals surface area contributed by atoms with Crippen molar-refractivity contribution in [1.29, 1.82) is 0 Å². The van der Waals surface area contributed by atoms with Crippen molar-refractivity contribution >= 4 is 6.03 Å². The number of furan rings is 1. The van der Waals surface area contributed by atoms with Crippen molar-refractivity contribution < 1.29 is 14.3 Å². The van der Waals surface area contributed by atoms with Crippen molar-refractivity contribution in [2.45, 2.75) is 64.1 Å². The molecule has 1 aliphatic carbocycles. The molecule has 6 nitrogen and oxygen atoms in total. The summed E-state index contributed by atoms with van der Waals surface area (Å²) in [5.41, 5.74) is -0.441. The Kier molecular flexibility index (Phi) is 5.93. The van der Waals surface area contributed by atoms with Crippen molar-refractivity contribution in [3.05, 3.63) is 23.2 Å². The van der Waals surface area contributed by atoms with Crippen LogP contribution in [0.2, 0.25) is 0 Å². The summed E-state index contributed by atoms with van der Waals surface area (Å²) in [5.74, 6) is 1.44. The van der Waals surface area contributed by atoms with Crippen LogP contribution in [0.4, 0.5) is 4.79 Å². The van der Waals surface area contributed by atoms with E-state index in [4.69, 9.17) is 4.42 Å². The Hall–Kier alpha value is -1.53. The number of nitrogens with one attached hydrogen (secondary N) is 2. The molecule has 1 fully saturated rings. The van der Waals surface area contributed by atoms with Crippen LogP contribution in [0.3, 0.4) is 0 Å². The fourth-order valence-corrected chi connectivity index (χ4v) is 3.51. The zero-order valence-corrected chi connectivity index (χ0v) is 15.5. The lowest BCUT2D eigenvalue weighted by molar-refractivity contribution is 0.0576. The highest BCUT2D eigenvalue weighted by molar-refractivity contribution is 5.74. The molecule has 1 aromatic rings. The standard InChI is InChI=1S/C18H31N3O3/c1-12-9-16(13(2)24-12)18(3,23)11-19-17(22)20-14-7-6-8-15(10-14)21(4)5/h9,14-15,23H,6-8,10-11H2,1-5H3,(H2,19,20,22). The normalized spacial score (nSPS) is 23.8. The lowest BCUT2D eigenvalue weighted by Crippen LogP contribution is -2.49. The number of carbonyl (C=O) groups excluding carboxylic acids is 1. The molecule has 1 saturated carbocycles. The minimum atomic E-state index is -1.15. The van der Waals surface area contributed by atoms with Crippen molar-refractivity contribution in [3.8, 4) is 0 Å². The molecule has 0 radical (unpaired) electrons. The van der Waals surface area contributed by atoms with Gasteiger partial charge in [0, 0.05) is 17.6 Å². The SMILES string of the molecule is Cc1cc(C(C)(O)CNC(=O)NC2CCCC(N(C)C)C2)c(C)o1. The van der Waals surface area contributed by atoms with Crippen LogP contribution < -0.4 is 10.6 Å². The largest absolute Gasteiger partial charge is 0.466 e. The highest BCUT2D eigenvalue weighted by Gasteiger charge is 2.29. The van der Waals surface area contributed by atoms with Crippen LogP contribution in [0.1, 0.15) is 49.7 Å². The van der Waals surface area contributed by atoms with Crippen LogP contribution >= 0.6 is 0 Å². The van der Waals surface area contributed by atoms with Gasteiger partial charge in [-0.3, -0.25) is 0 Å². The maximum atomic E-state index is 12.2. The quantitative estimate of drug-likeness (QED) is 0.770. The molecule has 1 aliphatic rings. The van der Waals surface area contributed by atoms with E-state index in [9.17, 15) is 9.90 Å². The zero-order valence-electron chi connectivity index (χ0n) is 15.5. The molecule has 0 aliphatic heterocycles. The van der Waals surface area contributed by atoms with E-state index in [1.807, 2.05) is 19.9 Å². The molecule has 0 aromatic carbocycles. The number of aliphatic hydroxyl groups is 1. The molecule has 0 spiro atoms. The Morgan fingerprint density at radius 3 is 2.71 bits per heavy atom. The maximum absolute atomic E-state index is 12.2. The van der Waals surface area contributed by atoms with E-state index >= 15 is 0 Å². The minimum absolute atomic E-state index is 0.141. The molecule has 3 unspecified atom stereocenters. The van der Waals surface area contributed by atoms with Gasteiger partial charge in [0.15, 0.2) is 0 Å². The number of amides is 2. The van der Waals surface area contributed by atoms with E-state index in [2.05, 4.69) is 29.6 Å². The maximum Gasteiger partial charge on any atom is 0.315 e. The number of hydrogen-bond acceptors (Lipinski definition) is 4. The van der Waals surface area contributed by atoms with E-state index in [1.165, 1.54) is 6.42 Å². The van der Waals surface area contributed by atoms with Crippen molar-refractivity contribution in [1.82, 2.24) is 15.5 Å². The number of aryl methyl sites for hydroxylation is 2. The predicted molar refractivity (Wildman–Crippen MR) is 94.0 cm³/mol. The summed E-state index contributed by atoms with van der Waals surface area (Å²) in [7, 11) is 4.17. The molecule has 3 atom stereocenters. The van der Waals surface area contributed by atoms with E-state index in [0.29, 0.717) is 17.4 Å². The smallest absolute Gasteiger partial charge is 0.315 e. The number of nitrogens with zero attached hydrogens (tertiary/aromatic N) is 1. The molecule has 3 N–H and O–H groups in total. The Morgan fingerprint density at radius 2 is 2.12 bits per heavy atom. The topological polar surface area (TPSA) is 77.7 Å². The van der Waals surface area contributed by atoms with Gasteiger partial charge in [0.05, 0.1) is 6.54 Å². The molecule has 2 rings (SSSR count). The summed E-state index contributed by atoms with van der Waals surface area (Å²) in [6.07, 6.45) is 4.28. The molecular formula is C18H31N3O3. The van der Waals surface area contributed by atoms with Gasteiger partial charge in [0.2, 0.25) is 0 Å². The fourth-order valence-electron chi connectivity index (χ4n) is 3.51. The third-order valence-electron chi connectivity index (χ3n) is 4.93. The molecule has 136 valence electrons. The third kappa shape index (κ3) is 4.74. The van der Waals surface area contributed by atoms with Gasteiger partial charge in [-0.1, -0.05) is 0 Å². The number of rotatable bonds is 5. The van der Waals surface area contributed by atoms with E-state index < -0.39 is 5.60 Å². The Morgan fingerprint density at radius 1 is 1.42 bits per heavy atom. The highest BCUT2D eigenvalue weighted by atomic mass is 16.3. The van der Waals surface area contributed by atoms with E-state index in [1.54, 1.807) is 6.92 Å². The van der Waals surface area contributed by atoms with Crippen molar-refractivity contribution in [3.63, 3.8) is 0 Å². The average Bonchev–Trinajstić information content (AvgIpc) is 2.85. The molecule has 1 heterocycles. The summed E-state index contributed by atoms with van der Waals surface area (Å²) in [6, 6.07) is 2.30. The number of carbonyl (C=O) groups is 1. The molecule has 0 saturated heterocycles. The van der Waals surface area contributed by atoms with Gasteiger partial charge in [-0.15, -0.1) is 0 Å². The van der Waals surface area contributed by atoms with Gasteiger partial charge in [0.25, 0.3) is 0 Å². The van der Waals surface area contributed by atoms with Crippen LogP contribution in [0.15, 0.2) is 10.5 Å². The summed E-state index contributed by atoms with van der Waals surface area (Å²) in [5, 5.41) is 16.5. The lowest BCUT2D eigenvalue weighted by Gasteiger charge is -2.34. The lowest BCUT2D eigenvalue weighted by atomic mass is 9.90. The second kappa shape index (κ2) is 7.57. The summed E-state index contributed by atoms with van der Waals surface area (Å²) in [4.78, 5) is 14.4. The Labute approximate surface area is 144 Å². The molecule has 2 amide bonds. The van der Waals surface area contributed by atoms with Crippen molar-refractivity contribution in [2.75, 3.05) is 20.6 Å². The molecule has 0 bridgehead atoms. The first-order valence-electron chi connectivity index (χ1n) is 8.69. The van der Waals surface area contributed by atoms with E-state index in [-0.39, 0.29) is 18.6 Å². The highest BCUT2D eigenvalue weighted by Crippen LogP contribution is 2.26. The summed E-state index contributed by atoms with van der Waals surface area (Å²) < 4.78 is 5.47. The second-order valence-electron chi connectivity index (χ2n) is 7.41. The van der Waals surface area contributed by atoms with Crippen LogP contribution in [-0.2, 0) is 5.60 Å². The zero-order chi connectivity index (χ0) is 17.9. The van der Waals surface area contributed by atoms with Crippen LogP contribution in [0.25, 0.3) is 0 Å². The summed E-state index contributed by atoms with van der Waals surface area (Å²) in [6.45, 7) is 5.49. The van der Waals surface area contributed by atoms with Crippen LogP contribution in [0, 0.1) is 13.8 Å². The van der Waals surface area contributed by atoms with Gasteiger partial charge < -0.3 is 25.1 Å². The molecule has 1 aromatic heterocycles. The van der Waals surface area contributed by atoms with Crippen molar-refractivity contribution in [2.24, 2.45) is 0 Å². The number of urea groups is 1. The van der Waals surface area contributed by atoms with E-state index in [0.717, 1.165) is 25.0 Å². The second-order valence-corrected chi connectivity index (χ2v) is 7.41. The molecular weight excluding hydrogens is 306 g/mol. The monoisotopic (exact) mass is 337 g/mol. The minimum Gasteiger partial charge on any atom is -0.466 e. The van der Waals surface area contributed by atoms with Gasteiger partial charge in [-0.05, 0) is 66.6 Å². The van der Waals surface area contributed by atoms with Gasteiger partial charge in [0.1, 0.15) is 17.1 Å². The Bertz CT molecular complexity index is 566. The first-order valence-corrected chi connectivity index (χ1v) is 8.69. The van der Waals surface area contributed by atoms with Gasteiger partial charge >= 0.3 is 6.03 Å². The predicted octanol–water partition coefficient (Wildman–Crippen LogP) is 2.28. The first-order chi connectivity index (χ1) is 11.2. The fraction of sp³-hybridized carbons (Fsp3) is 0.722. The average molecular weight is 337 g/mol. The van der Waals surface area contributed by atoms with Gasteiger partial charge in [-0.2, -0.15) is 0 Å². The summed E-state index contributed by atoms with van der Waals surface area (Å²) >= 11 is 0.